The quantitative estimate of drug-likeness (QED) is 0.356. The Hall–Kier alpha value is -2.51. The number of rotatable bonds is 9. The van der Waals surface area contributed by atoms with Gasteiger partial charge in [-0.2, -0.15) is 0 Å². The van der Waals surface area contributed by atoms with E-state index < -0.39 is 0 Å². The van der Waals surface area contributed by atoms with Gasteiger partial charge in [-0.3, -0.25) is 10.1 Å². The molecule has 0 radical (unpaired) electrons. The van der Waals surface area contributed by atoms with E-state index in [2.05, 4.69) is 54.6 Å². The maximum absolute atomic E-state index is 10.9. The summed E-state index contributed by atoms with van der Waals surface area (Å²) in [6, 6.07) is 9.50. The predicted octanol–water partition coefficient (Wildman–Crippen LogP) is 6.04. The normalized spacial score (nSPS) is 17.5. The molecular weight excluding hydrogens is 426 g/mol. The predicted molar refractivity (Wildman–Crippen MR) is 133 cm³/mol. The van der Waals surface area contributed by atoms with Crippen LogP contribution in [0.1, 0.15) is 36.3 Å². The number of nitro benzene ring substituents is 1. The van der Waals surface area contributed by atoms with E-state index in [9.17, 15) is 10.1 Å². The lowest BCUT2D eigenvalue weighted by Gasteiger charge is -2.34. The second-order valence-corrected chi connectivity index (χ2v) is 9.84. The standard InChI is InChI=1S/C24H29N3O2S2/c1-5-23(25-17(3)14-22-7-6-12-30-22)24-26-18(4)20(15-31-24)9-8-19-10-11-21(27(28)29)13-16(19)2/h6-13,23-26H,3,5,14-15H2,1-2,4H3/b9-8+. The molecule has 31 heavy (non-hydrogen) atoms. The fraction of sp³-hybridized carbons (Fsp3) is 0.333. The van der Waals surface area contributed by atoms with E-state index in [4.69, 9.17) is 0 Å². The second-order valence-electron chi connectivity index (χ2n) is 7.68. The van der Waals surface area contributed by atoms with Crippen LogP contribution in [0.2, 0.25) is 0 Å². The first-order valence-corrected chi connectivity index (χ1v) is 12.3. The number of allylic oxidation sites excluding steroid dienone is 3. The molecule has 3 rings (SSSR count). The SMILES string of the molecule is C=C(Cc1cccs1)NC(CC)C1NC(C)=C(/C=C/c2ccc([N+](=O)[O-])cc2C)CS1. The van der Waals surface area contributed by atoms with Crippen molar-refractivity contribution in [2.45, 2.75) is 45.0 Å². The lowest BCUT2D eigenvalue weighted by Crippen LogP contribution is -2.46. The van der Waals surface area contributed by atoms with Crippen molar-refractivity contribution in [3.8, 4) is 0 Å². The van der Waals surface area contributed by atoms with Gasteiger partial charge >= 0.3 is 0 Å². The van der Waals surface area contributed by atoms with Gasteiger partial charge in [0.15, 0.2) is 0 Å². The number of nitrogens with one attached hydrogen (secondary N) is 2. The molecular formula is C24H29N3O2S2. The van der Waals surface area contributed by atoms with E-state index in [0.717, 1.165) is 35.4 Å². The van der Waals surface area contributed by atoms with Crippen LogP contribution in [-0.4, -0.2) is 22.1 Å². The van der Waals surface area contributed by atoms with Gasteiger partial charge in [0.1, 0.15) is 0 Å². The molecule has 0 saturated carbocycles. The summed E-state index contributed by atoms with van der Waals surface area (Å²) in [7, 11) is 0. The van der Waals surface area contributed by atoms with Crippen LogP contribution < -0.4 is 10.6 Å². The highest BCUT2D eigenvalue weighted by molar-refractivity contribution is 8.00. The molecule has 7 heteroatoms. The topological polar surface area (TPSA) is 67.2 Å². The van der Waals surface area contributed by atoms with Crippen molar-refractivity contribution >= 4 is 34.9 Å². The number of aryl methyl sites for hydroxylation is 1. The number of benzene rings is 1. The number of thioether (sulfide) groups is 1. The first kappa shape index (κ1) is 23.2. The van der Waals surface area contributed by atoms with Crippen molar-refractivity contribution in [3.05, 3.63) is 91.5 Å². The third-order valence-electron chi connectivity index (χ3n) is 5.35. The van der Waals surface area contributed by atoms with Gasteiger partial charge in [-0.1, -0.05) is 31.7 Å². The van der Waals surface area contributed by atoms with Crippen LogP contribution in [0.15, 0.2) is 65.3 Å². The minimum atomic E-state index is -0.359. The van der Waals surface area contributed by atoms with E-state index in [1.807, 2.05) is 30.8 Å². The number of non-ortho nitro benzene ring substituents is 1. The molecule has 2 heterocycles. The van der Waals surface area contributed by atoms with E-state index in [1.54, 1.807) is 23.5 Å². The molecule has 1 aromatic heterocycles. The van der Waals surface area contributed by atoms with Crippen molar-refractivity contribution in [2.24, 2.45) is 0 Å². The summed E-state index contributed by atoms with van der Waals surface area (Å²) in [5, 5.41) is 20.6. The maximum Gasteiger partial charge on any atom is 0.269 e. The smallest absolute Gasteiger partial charge is 0.269 e. The lowest BCUT2D eigenvalue weighted by molar-refractivity contribution is -0.384. The van der Waals surface area contributed by atoms with Crippen LogP contribution in [0.5, 0.6) is 0 Å². The van der Waals surface area contributed by atoms with Gasteiger partial charge in [0.2, 0.25) is 0 Å². The summed E-state index contributed by atoms with van der Waals surface area (Å²) in [6.07, 6.45) is 6.03. The van der Waals surface area contributed by atoms with Crippen LogP contribution in [0, 0.1) is 17.0 Å². The Labute approximate surface area is 192 Å². The summed E-state index contributed by atoms with van der Waals surface area (Å²) >= 11 is 3.65. The molecule has 164 valence electrons. The highest BCUT2D eigenvalue weighted by atomic mass is 32.2. The van der Waals surface area contributed by atoms with E-state index in [-0.39, 0.29) is 16.0 Å². The van der Waals surface area contributed by atoms with Crippen molar-refractivity contribution in [2.75, 3.05) is 5.75 Å². The lowest BCUT2D eigenvalue weighted by atomic mass is 10.1. The van der Waals surface area contributed by atoms with Crippen LogP contribution in [0.3, 0.4) is 0 Å². The van der Waals surface area contributed by atoms with Gasteiger partial charge in [0, 0.05) is 40.6 Å². The Bertz CT molecular complexity index is 996. The Balaban J connectivity index is 1.62. The maximum atomic E-state index is 10.9. The monoisotopic (exact) mass is 455 g/mol. The zero-order valence-corrected chi connectivity index (χ0v) is 19.8. The van der Waals surface area contributed by atoms with Crippen molar-refractivity contribution in [1.82, 2.24) is 10.6 Å². The highest BCUT2D eigenvalue weighted by Gasteiger charge is 2.25. The highest BCUT2D eigenvalue weighted by Crippen LogP contribution is 2.28. The molecule has 5 nitrogen and oxygen atoms in total. The Kier molecular flexibility index (Phi) is 7.98. The summed E-state index contributed by atoms with van der Waals surface area (Å²) in [4.78, 5) is 11.9. The van der Waals surface area contributed by atoms with Crippen molar-refractivity contribution in [3.63, 3.8) is 0 Å². The average molecular weight is 456 g/mol. The van der Waals surface area contributed by atoms with Gasteiger partial charge in [0.25, 0.3) is 5.69 Å². The Morgan fingerprint density at radius 2 is 2.19 bits per heavy atom. The van der Waals surface area contributed by atoms with Gasteiger partial charge in [-0.15, -0.1) is 23.1 Å². The number of nitro groups is 1. The minimum Gasteiger partial charge on any atom is -0.383 e. The van der Waals surface area contributed by atoms with E-state index in [0.29, 0.717) is 6.04 Å². The van der Waals surface area contributed by atoms with Crippen molar-refractivity contribution in [1.29, 1.82) is 0 Å². The molecule has 1 aliphatic rings. The minimum absolute atomic E-state index is 0.126. The summed E-state index contributed by atoms with van der Waals surface area (Å²) in [5.74, 6) is 0.918. The average Bonchev–Trinajstić information content (AvgIpc) is 3.24. The summed E-state index contributed by atoms with van der Waals surface area (Å²) < 4.78 is 0. The molecule has 0 fully saturated rings. The molecule has 1 aliphatic heterocycles. The molecule has 2 atom stereocenters. The molecule has 0 amide bonds. The van der Waals surface area contributed by atoms with Crippen LogP contribution in [0.4, 0.5) is 5.69 Å². The molecule has 0 spiro atoms. The first-order valence-electron chi connectivity index (χ1n) is 10.3. The zero-order valence-electron chi connectivity index (χ0n) is 18.2. The van der Waals surface area contributed by atoms with E-state index in [1.165, 1.54) is 16.1 Å². The first-order chi connectivity index (χ1) is 14.9. The number of hydrogen-bond donors (Lipinski definition) is 2. The van der Waals surface area contributed by atoms with E-state index >= 15 is 0 Å². The fourth-order valence-corrected chi connectivity index (χ4v) is 5.68. The van der Waals surface area contributed by atoms with Gasteiger partial charge in [-0.05, 0) is 54.5 Å². The number of nitrogens with zero attached hydrogens (tertiary/aromatic N) is 1. The number of hydrogen-bond acceptors (Lipinski definition) is 6. The van der Waals surface area contributed by atoms with Crippen LogP contribution >= 0.6 is 23.1 Å². The van der Waals surface area contributed by atoms with Crippen LogP contribution in [-0.2, 0) is 6.42 Å². The fourth-order valence-electron chi connectivity index (χ4n) is 3.50. The molecule has 2 N–H and O–H groups in total. The number of thiophene rings is 1. The summed E-state index contributed by atoms with van der Waals surface area (Å²) in [5.41, 5.74) is 5.49. The third-order valence-corrected chi connectivity index (χ3v) is 7.51. The molecule has 0 aliphatic carbocycles. The second kappa shape index (κ2) is 10.7. The Morgan fingerprint density at radius 3 is 2.81 bits per heavy atom. The molecule has 0 saturated heterocycles. The molecule has 1 aromatic carbocycles. The Morgan fingerprint density at radius 1 is 1.39 bits per heavy atom. The third kappa shape index (κ3) is 6.24. The molecule has 2 aromatic rings. The van der Waals surface area contributed by atoms with Crippen LogP contribution in [0.25, 0.3) is 6.08 Å². The van der Waals surface area contributed by atoms with Gasteiger partial charge in [-0.25, -0.2) is 0 Å². The largest absolute Gasteiger partial charge is 0.383 e. The van der Waals surface area contributed by atoms with Gasteiger partial charge < -0.3 is 10.6 Å². The molecule has 0 bridgehead atoms. The van der Waals surface area contributed by atoms with Crippen molar-refractivity contribution < 1.29 is 4.92 Å². The zero-order chi connectivity index (χ0) is 22.4. The van der Waals surface area contributed by atoms with Gasteiger partial charge in [0.05, 0.1) is 16.3 Å². The molecule has 2 unspecified atom stereocenters. The summed E-state index contributed by atoms with van der Waals surface area (Å²) in [6.45, 7) is 10.4.